The van der Waals surface area contributed by atoms with E-state index in [1.54, 1.807) is 0 Å². The average molecular weight is 215 g/mol. The Balaban J connectivity index is 2.52. The molecule has 5 heteroatoms. The Labute approximate surface area is 90.6 Å². The average Bonchev–Trinajstić information content (AvgIpc) is 2.43. The lowest BCUT2D eigenvalue weighted by atomic mass is 9.92. The second-order valence-corrected chi connectivity index (χ2v) is 5.31. The lowest BCUT2D eigenvalue weighted by Crippen LogP contribution is -2.47. The molecule has 1 unspecified atom stereocenters. The van der Waals surface area contributed by atoms with Crippen molar-refractivity contribution in [1.29, 1.82) is 0 Å². The van der Waals surface area contributed by atoms with Gasteiger partial charge in [0, 0.05) is 19.6 Å². The van der Waals surface area contributed by atoms with Crippen LogP contribution in [0.4, 0.5) is 0 Å². The van der Waals surface area contributed by atoms with E-state index in [2.05, 4.69) is 10.3 Å². The van der Waals surface area contributed by atoms with Gasteiger partial charge < -0.3 is 5.11 Å². The van der Waals surface area contributed by atoms with Crippen molar-refractivity contribution in [1.82, 2.24) is 10.3 Å². The predicted octanol–water partition coefficient (Wildman–Crippen LogP) is -0.541. The number of hydrazine groups is 1. The summed E-state index contributed by atoms with van der Waals surface area (Å²) in [5.41, 5.74) is 1.04. The van der Waals surface area contributed by atoms with E-state index in [1.165, 1.54) is 0 Å². The molecule has 0 aromatic rings. The number of likely N-dealkylation sites (tertiary alicyclic amines) is 1. The van der Waals surface area contributed by atoms with Gasteiger partial charge >= 0.3 is 0 Å². The summed E-state index contributed by atoms with van der Waals surface area (Å²) in [7, 11) is 0. The van der Waals surface area contributed by atoms with E-state index < -0.39 is 11.0 Å². The molecule has 0 aromatic carbocycles. The van der Waals surface area contributed by atoms with Gasteiger partial charge in [-0.1, -0.05) is 0 Å². The van der Waals surface area contributed by atoms with Crippen molar-refractivity contribution in [3.05, 3.63) is 0 Å². The van der Waals surface area contributed by atoms with Gasteiger partial charge in [-0.25, -0.2) is 5.84 Å². The molecule has 0 radical (unpaired) electrons. The Morgan fingerprint density at radius 1 is 1.67 bits per heavy atom. The van der Waals surface area contributed by atoms with E-state index in [0.29, 0.717) is 13.1 Å². The van der Waals surface area contributed by atoms with E-state index in [9.17, 15) is 9.90 Å². The first kappa shape index (κ1) is 12.4. The molecule has 0 aliphatic carbocycles. The summed E-state index contributed by atoms with van der Waals surface area (Å²) in [6.07, 6.45) is 0.757. The normalized spacial score (nSPS) is 28.1. The molecule has 88 valence electrons. The fourth-order valence-corrected chi connectivity index (χ4v) is 2.00. The summed E-state index contributed by atoms with van der Waals surface area (Å²) in [6.45, 7) is 7.59. The molecule has 1 fully saturated rings. The van der Waals surface area contributed by atoms with Crippen molar-refractivity contribution in [3.8, 4) is 0 Å². The molecule has 1 atom stereocenters. The zero-order chi connectivity index (χ0) is 11.7. The van der Waals surface area contributed by atoms with E-state index in [-0.39, 0.29) is 5.91 Å². The Morgan fingerprint density at radius 3 is 2.67 bits per heavy atom. The lowest BCUT2D eigenvalue weighted by molar-refractivity contribution is -0.130. The molecule has 1 aliphatic rings. The number of amides is 1. The smallest absolute Gasteiger partial charge is 0.240 e. The van der Waals surface area contributed by atoms with Crippen LogP contribution in [-0.4, -0.2) is 41.1 Å². The van der Waals surface area contributed by atoms with Gasteiger partial charge in [-0.05, 0) is 27.2 Å². The number of aliphatic hydroxyl groups is 1. The van der Waals surface area contributed by atoms with Gasteiger partial charge in [0.2, 0.25) is 5.91 Å². The number of nitrogens with one attached hydrogen (secondary N) is 1. The first-order chi connectivity index (χ1) is 6.77. The summed E-state index contributed by atoms with van der Waals surface area (Å²) in [6, 6.07) is 0. The third-order valence-corrected chi connectivity index (χ3v) is 2.90. The van der Waals surface area contributed by atoms with Gasteiger partial charge in [-0.15, -0.1) is 0 Å². The molecule has 0 spiro atoms. The summed E-state index contributed by atoms with van der Waals surface area (Å²) in [5.74, 6) is 4.95. The highest BCUT2D eigenvalue weighted by Gasteiger charge is 2.36. The molecule has 0 bridgehead atoms. The quantitative estimate of drug-likeness (QED) is 0.335. The van der Waals surface area contributed by atoms with Crippen molar-refractivity contribution < 1.29 is 9.90 Å². The predicted molar refractivity (Wildman–Crippen MR) is 57.8 cm³/mol. The molecule has 1 amide bonds. The fraction of sp³-hybridized carbons (Fsp3) is 0.900. The molecule has 5 nitrogen and oxygen atoms in total. The Bertz CT molecular complexity index is 251. The van der Waals surface area contributed by atoms with Crippen LogP contribution in [0.5, 0.6) is 0 Å². The monoisotopic (exact) mass is 215 g/mol. The largest absolute Gasteiger partial charge is 0.389 e. The van der Waals surface area contributed by atoms with Crippen LogP contribution in [0.1, 0.15) is 27.2 Å². The second kappa shape index (κ2) is 4.08. The molecule has 0 saturated carbocycles. The van der Waals surface area contributed by atoms with Crippen molar-refractivity contribution in [2.45, 2.75) is 32.8 Å². The number of β-amino-alcohol motifs (C(OH)–C–C–N with tert-alkyl or cyclic N) is 1. The van der Waals surface area contributed by atoms with Crippen molar-refractivity contribution in [2.75, 3.05) is 19.6 Å². The third-order valence-electron chi connectivity index (χ3n) is 2.90. The lowest BCUT2D eigenvalue weighted by Gasteiger charge is -2.28. The topological polar surface area (TPSA) is 78.6 Å². The van der Waals surface area contributed by atoms with Crippen LogP contribution in [0.3, 0.4) is 0 Å². The number of nitrogens with two attached hydrogens (primary N) is 1. The molecule has 1 saturated heterocycles. The molecule has 1 heterocycles. The first-order valence-electron chi connectivity index (χ1n) is 5.23. The number of nitrogens with zero attached hydrogens (tertiary/aromatic N) is 1. The number of hydrogen-bond donors (Lipinski definition) is 3. The SMILES string of the molecule is CC1(O)CCN(CC(C)(C)C(=O)NN)C1. The third kappa shape index (κ3) is 3.15. The van der Waals surface area contributed by atoms with Gasteiger partial charge in [-0.3, -0.25) is 15.1 Å². The van der Waals surface area contributed by atoms with E-state index in [1.807, 2.05) is 20.8 Å². The summed E-state index contributed by atoms with van der Waals surface area (Å²) >= 11 is 0. The van der Waals surface area contributed by atoms with Crippen LogP contribution in [0, 0.1) is 5.41 Å². The van der Waals surface area contributed by atoms with Crippen molar-refractivity contribution >= 4 is 5.91 Å². The molecule has 0 aromatic heterocycles. The van der Waals surface area contributed by atoms with Crippen LogP contribution in [0.15, 0.2) is 0 Å². The maximum atomic E-state index is 11.5. The van der Waals surface area contributed by atoms with E-state index >= 15 is 0 Å². The van der Waals surface area contributed by atoms with Crippen LogP contribution in [0.25, 0.3) is 0 Å². The first-order valence-corrected chi connectivity index (χ1v) is 5.23. The number of rotatable bonds is 3. The zero-order valence-electron chi connectivity index (χ0n) is 9.71. The maximum Gasteiger partial charge on any atom is 0.240 e. The second-order valence-electron chi connectivity index (χ2n) is 5.31. The van der Waals surface area contributed by atoms with Gasteiger partial charge in [0.15, 0.2) is 0 Å². The minimum absolute atomic E-state index is 0.172. The highest BCUT2D eigenvalue weighted by Crippen LogP contribution is 2.25. The van der Waals surface area contributed by atoms with Crippen LogP contribution < -0.4 is 11.3 Å². The Hall–Kier alpha value is -0.650. The standard InChI is InChI=1S/C10H21N3O2/c1-9(2,8(14)12-11)6-13-5-4-10(3,15)7-13/h15H,4-7,11H2,1-3H3,(H,12,14). The van der Waals surface area contributed by atoms with E-state index in [0.717, 1.165) is 13.0 Å². The number of carbonyl (C=O) groups excluding carboxylic acids is 1. The van der Waals surface area contributed by atoms with Gasteiger partial charge in [0.25, 0.3) is 0 Å². The zero-order valence-corrected chi connectivity index (χ0v) is 9.71. The minimum Gasteiger partial charge on any atom is -0.389 e. The summed E-state index contributed by atoms with van der Waals surface area (Å²) < 4.78 is 0. The Kier molecular flexibility index (Phi) is 3.38. The highest BCUT2D eigenvalue weighted by atomic mass is 16.3. The van der Waals surface area contributed by atoms with Gasteiger partial charge in [0.1, 0.15) is 0 Å². The molecule has 4 N–H and O–H groups in total. The van der Waals surface area contributed by atoms with Gasteiger partial charge in [-0.2, -0.15) is 0 Å². The van der Waals surface area contributed by atoms with Crippen LogP contribution in [-0.2, 0) is 4.79 Å². The molecule has 1 aliphatic heterocycles. The van der Waals surface area contributed by atoms with Crippen molar-refractivity contribution in [3.63, 3.8) is 0 Å². The fourth-order valence-electron chi connectivity index (χ4n) is 2.00. The van der Waals surface area contributed by atoms with Gasteiger partial charge in [0.05, 0.1) is 11.0 Å². The Morgan fingerprint density at radius 2 is 2.27 bits per heavy atom. The van der Waals surface area contributed by atoms with E-state index in [4.69, 9.17) is 5.84 Å². The summed E-state index contributed by atoms with van der Waals surface area (Å²) in [4.78, 5) is 13.5. The molecule has 15 heavy (non-hydrogen) atoms. The molecular weight excluding hydrogens is 194 g/mol. The highest BCUT2D eigenvalue weighted by molar-refractivity contribution is 5.81. The van der Waals surface area contributed by atoms with Crippen molar-refractivity contribution in [2.24, 2.45) is 11.3 Å². The maximum absolute atomic E-state index is 11.5. The minimum atomic E-state index is -0.616. The summed E-state index contributed by atoms with van der Waals surface area (Å²) in [5, 5.41) is 9.79. The van der Waals surface area contributed by atoms with Crippen LogP contribution in [0.2, 0.25) is 0 Å². The van der Waals surface area contributed by atoms with Crippen LogP contribution >= 0.6 is 0 Å². The number of carbonyl (C=O) groups is 1. The number of hydrogen-bond acceptors (Lipinski definition) is 4. The molecule has 1 rings (SSSR count). The molecular formula is C10H21N3O2.